The van der Waals surface area contributed by atoms with Crippen molar-refractivity contribution < 1.29 is 54.1 Å². The van der Waals surface area contributed by atoms with Crippen LogP contribution in [0.1, 0.15) is 0 Å². The first-order valence-corrected chi connectivity index (χ1v) is 2.30. The van der Waals surface area contributed by atoms with E-state index in [1.165, 1.54) is 0 Å². The van der Waals surface area contributed by atoms with E-state index >= 15 is 0 Å². The average molecular weight is 168 g/mol. The summed E-state index contributed by atoms with van der Waals surface area (Å²) in [5, 5.41) is 18.0. The van der Waals surface area contributed by atoms with Crippen molar-refractivity contribution in [3.05, 3.63) is 12.7 Å². The summed E-state index contributed by atoms with van der Waals surface area (Å²) >= 11 is 0. The van der Waals surface area contributed by atoms with Crippen molar-refractivity contribution in [2.75, 3.05) is 0 Å². The third-order valence-electron chi connectivity index (χ3n) is 0.596. The normalized spacial score (nSPS) is 10.6. The molecule has 6 heteroatoms. The van der Waals surface area contributed by atoms with Crippen LogP contribution in [-0.2, 0) is 14.3 Å². The summed E-state index contributed by atoms with van der Waals surface area (Å²) in [4.78, 5) is 19.8. The Morgan fingerprint density at radius 2 is 2.09 bits per heavy atom. The van der Waals surface area contributed by atoms with Crippen LogP contribution in [-0.4, -0.2) is 23.3 Å². The SMILES string of the molecule is C=CC(=O)OC(O)C(=O)[O-].[Na+]. The molecule has 0 aliphatic heterocycles. The molecule has 0 bridgehead atoms. The fourth-order valence-corrected chi connectivity index (χ4v) is 0.206. The molecule has 0 spiro atoms. The van der Waals surface area contributed by atoms with Gasteiger partial charge in [-0.1, -0.05) is 6.58 Å². The third kappa shape index (κ3) is 6.05. The van der Waals surface area contributed by atoms with Crippen LogP contribution in [0, 0.1) is 0 Å². The molecule has 1 N–H and O–H groups in total. The zero-order valence-electron chi connectivity index (χ0n) is 5.94. The van der Waals surface area contributed by atoms with Crippen LogP contribution in [0.25, 0.3) is 0 Å². The van der Waals surface area contributed by atoms with E-state index in [1.54, 1.807) is 0 Å². The standard InChI is InChI=1S/C5H6O5.Na/c1-2-3(6)10-5(9)4(7)8;/h2,5,9H,1H2,(H,7,8);/q;+1/p-1. The van der Waals surface area contributed by atoms with Crippen molar-refractivity contribution in [1.29, 1.82) is 0 Å². The minimum Gasteiger partial charge on any atom is -0.544 e. The minimum absolute atomic E-state index is 0. The molecule has 5 nitrogen and oxygen atoms in total. The Bertz CT molecular complexity index is 166. The molecule has 11 heavy (non-hydrogen) atoms. The third-order valence-corrected chi connectivity index (χ3v) is 0.596. The molecule has 0 saturated heterocycles. The van der Waals surface area contributed by atoms with Crippen molar-refractivity contribution in [1.82, 2.24) is 0 Å². The van der Waals surface area contributed by atoms with Crippen LogP contribution in [0.5, 0.6) is 0 Å². The average Bonchev–Trinajstić information content (AvgIpc) is 1.87. The smallest absolute Gasteiger partial charge is 0.544 e. The van der Waals surface area contributed by atoms with E-state index < -0.39 is 18.2 Å². The number of aliphatic hydroxyl groups excluding tert-OH is 1. The second-order valence-corrected chi connectivity index (χ2v) is 1.31. The maximum Gasteiger partial charge on any atom is 1.00 e. The van der Waals surface area contributed by atoms with E-state index in [-0.39, 0.29) is 29.6 Å². The van der Waals surface area contributed by atoms with Crippen LogP contribution < -0.4 is 34.7 Å². The van der Waals surface area contributed by atoms with Crippen LogP contribution in [0.2, 0.25) is 0 Å². The summed E-state index contributed by atoms with van der Waals surface area (Å²) in [7, 11) is 0. The van der Waals surface area contributed by atoms with Gasteiger partial charge < -0.3 is 19.7 Å². The van der Waals surface area contributed by atoms with Gasteiger partial charge in [0.1, 0.15) is 5.97 Å². The van der Waals surface area contributed by atoms with Gasteiger partial charge in [0.05, 0.1) is 0 Å². The summed E-state index contributed by atoms with van der Waals surface area (Å²) < 4.78 is 3.80. The van der Waals surface area contributed by atoms with E-state index in [1.807, 2.05) is 0 Å². The zero-order chi connectivity index (χ0) is 8.15. The fourth-order valence-electron chi connectivity index (χ4n) is 0.206. The number of hydrogen-bond acceptors (Lipinski definition) is 5. The molecule has 0 heterocycles. The number of carboxylic acids is 1. The number of aliphatic hydroxyl groups is 1. The van der Waals surface area contributed by atoms with E-state index in [0.29, 0.717) is 0 Å². The van der Waals surface area contributed by atoms with Gasteiger partial charge in [-0.15, -0.1) is 0 Å². The quantitative estimate of drug-likeness (QED) is 0.197. The summed E-state index contributed by atoms with van der Waals surface area (Å²) in [6.07, 6.45) is -1.49. The molecule has 0 radical (unpaired) electrons. The second kappa shape index (κ2) is 6.36. The molecule has 0 aromatic rings. The number of ether oxygens (including phenoxy) is 1. The molecule has 1 atom stereocenters. The number of carboxylic acid groups (broad SMARTS) is 1. The van der Waals surface area contributed by atoms with Crippen LogP contribution in [0.15, 0.2) is 12.7 Å². The summed E-state index contributed by atoms with van der Waals surface area (Å²) in [6.45, 7) is 2.97. The number of carbonyl (C=O) groups is 2. The molecular weight excluding hydrogens is 163 g/mol. The Kier molecular flexibility index (Phi) is 7.65. The minimum atomic E-state index is -2.22. The van der Waals surface area contributed by atoms with Crippen LogP contribution in [0.4, 0.5) is 0 Å². The van der Waals surface area contributed by atoms with Gasteiger partial charge in [-0.2, -0.15) is 0 Å². The Balaban J connectivity index is 0. The molecule has 0 aliphatic carbocycles. The monoisotopic (exact) mass is 168 g/mol. The molecule has 0 fully saturated rings. The zero-order valence-corrected chi connectivity index (χ0v) is 7.94. The molecule has 0 aromatic heterocycles. The predicted octanol–water partition coefficient (Wildman–Crippen LogP) is -5.21. The van der Waals surface area contributed by atoms with Crippen molar-refractivity contribution in [3.63, 3.8) is 0 Å². The first kappa shape index (κ1) is 13.2. The maximum absolute atomic E-state index is 10.1. The van der Waals surface area contributed by atoms with Crippen molar-refractivity contribution in [3.8, 4) is 0 Å². The topological polar surface area (TPSA) is 86.7 Å². The number of esters is 1. The van der Waals surface area contributed by atoms with Gasteiger partial charge in [0.2, 0.25) is 6.29 Å². The predicted molar refractivity (Wildman–Crippen MR) is 27.3 cm³/mol. The van der Waals surface area contributed by atoms with E-state index in [0.717, 1.165) is 6.08 Å². The van der Waals surface area contributed by atoms with Crippen molar-refractivity contribution >= 4 is 11.9 Å². The van der Waals surface area contributed by atoms with E-state index in [4.69, 9.17) is 5.11 Å². The van der Waals surface area contributed by atoms with Crippen LogP contribution in [0.3, 0.4) is 0 Å². The van der Waals surface area contributed by atoms with Crippen LogP contribution >= 0.6 is 0 Å². The molecule has 0 rings (SSSR count). The first-order valence-electron chi connectivity index (χ1n) is 2.30. The molecule has 0 amide bonds. The molecular formula is C5H5NaO5. The van der Waals surface area contributed by atoms with Gasteiger partial charge in [-0.25, -0.2) is 4.79 Å². The number of aliphatic carboxylic acids is 1. The summed E-state index contributed by atoms with van der Waals surface area (Å²) in [5.74, 6) is -2.88. The molecule has 0 saturated carbocycles. The summed E-state index contributed by atoms with van der Waals surface area (Å²) in [5.41, 5.74) is 0. The van der Waals surface area contributed by atoms with Crippen molar-refractivity contribution in [2.24, 2.45) is 0 Å². The Morgan fingerprint density at radius 3 is 2.36 bits per heavy atom. The molecule has 1 unspecified atom stereocenters. The van der Waals surface area contributed by atoms with Gasteiger partial charge in [-0.3, -0.25) is 0 Å². The van der Waals surface area contributed by atoms with Crippen molar-refractivity contribution in [2.45, 2.75) is 6.29 Å². The fraction of sp³-hybridized carbons (Fsp3) is 0.200. The van der Waals surface area contributed by atoms with Gasteiger partial charge in [0.15, 0.2) is 0 Å². The number of carbonyl (C=O) groups excluding carboxylic acids is 2. The number of hydrogen-bond donors (Lipinski definition) is 1. The van der Waals surface area contributed by atoms with Gasteiger partial charge >= 0.3 is 35.5 Å². The second-order valence-electron chi connectivity index (χ2n) is 1.31. The maximum atomic E-state index is 10.1. The van der Waals surface area contributed by atoms with Gasteiger partial charge in [-0.05, 0) is 0 Å². The Labute approximate surface area is 84.9 Å². The van der Waals surface area contributed by atoms with E-state index in [2.05, 4.69) is 11.3 Å². The largest absolute Gasteiger partial charge is 1.00 e. The van der Waals surface area contributed by atoms with Gasteiger partial charge in [0.25, 0.3) is 0 Å². The Hall–Kier alpha value is -0.360. The number of rotatable bonds is 3. The molecule has 56 valence electrons. The first-order chi connectivity index (χ1) is 4.57. The van der Waals surface area contributed by atoms with E-state index in [9.17, 15) is 14.7 Å². The summed E-state index contributed by atoms with van der Waals surface area (Å²) in [6, 6.07) is 0. The van der Waals surface area contributed by atoms with Gasteiger partial charge in [0, 0.05) is 6.08 Å². The molecule has 0 aromatic carbocycles. The molecule has 0 aliphatic rings. The Morgan fingerprint density at radius 1 is 1.64 bits per heavy atom.